The van der Waals surface area contributed by atoms with E-state index in [0.29, 0.717) is 23.2 Å². The first-order valence-electron chi connectivity index (χ1n) is 11.9. The summed E-state index contributed by atoms with van der Waals surface area (Å²) in [5.41, 5.74) is 1.86. The monoisotopic (exact) mass is 535 g/mol. The van der Waals surface area contributed by atoms with Gasteiger partial charge < -0.3 is 19.5 Å². The van der Waals surface area contributed by atoms with Crippen LogP contribution in [-0.2, 0) is 11.2 Å². The molecule has 2 heterocycles. The summed E-state index contributed by atoms with van der Waals surface area (Å²) in [6.45, 7) is 0.688. The van der Waals surface area contributed by atoms with Gasteiger partial charge in [-0.1, -0.05) is 17.4 Å². The van der Waals surface area contributed by atoms with E-state index in [1.807, 2.05) is 66.6 Å². The number of pyridine rings is 1. The van der Waals surface area contributed by atoms with Crippen molar-refractivity contribution in [2.24, 2.45) is 0 Å². The molecule has 37 heavy (non-hydrogen) atoms. The largest absolute Gasteiger partial charge is 0.494 e. The number of carbonyl (C=O) groups is 1. The van der Waals surface area contributed by atoms with Crippen LogP contribution >= 0.6 is 23.1 Å². The summed E-state index contributed by atoms with van der Waals surface area (Å²) < 4.78 is 16.4. The first-order chi connectivity index (χ1) is 18.1. The average molecular weight is 536 g/mol. The van der Waals surface area contributed by atoms with Crippen LogP contribution in [0.3, 0.4) is 0 Å². The molecule has 7 nitrogen and oxygen atoms in total. The molecule has 2 aromatic heterocycles. The van der Waals surface area contributed by atoms with Crippen LogP contribution < -0.4 is 19.5 Å². The van der Waals surface area contributed by atoms with Crippen LogP contribution in [0.4, 0.5) is 5.13 Å². The van der Waals surface area contributed by atoms with Crippen LogP contribution in [0, 0.1) is 0 Å². The molecule has 0 saturated heterocycles. The zero-order valence-corrected chi connectivity index (χ0v) is 22.4. The molecule has 0 saturated carbocycles. The number of ether oxygens (including phenoxy) is 3. The smallest absolute Gasteiger partial charge is 0.230 e. The number of hydrogen-bond acceptors (Lipinski definition) is 8. The van der Waals surface area contributed by atoms with E-state index in [2.05, 4.69) is 15.3 Å². The Labute approximate surface area is 225 Å². The van der Waals surface area contributed by atoms with Crippen molar-refractivity contribution in [1.82, 2.24) is 9.97 Å². The van der Waals surface area contributed by atoms with E-state index in [1.54, 1.807) is 32.5 Å². The Morgan fingerprint density at radius 2 is 1.76 bits per heavy atom. The number of amides is 1. The third-order valence-electron chi connectivity index (χ3n) is 5.43. The first-order valence-corrected chi connectivity index (χ1v) is 13.7. The maximum absolute atomic E-state index is 12.5. The van der Waals surface area contributed by atoms with Crippen molar-refractivity contribution in [3.05, 3.63) is 78.8 Å². The summed E-state index contributed by atoms with van der Waals surface area (Å²) in [5.74, 6) is 2.99. The Morgan fingerprint density at radius 1 is 0.973 bits per heavy atom. The fourth-order valence-electron chi connectivity index (χ4n) is 3.54. The number of aromatic nitrogens is 2. The normalized spacial score (nSPS) is 10.6. The van der Waals surface area contributed by atoms with Gasteiger partial charge in [0.1, 0.15) is 5.75 Å². The van der Waals surface area contributed by atoms with Crippen LogP contribution in [-0.4, -0.2) is 42.5 Å². The zero-order chi connectivity index (χ0) is 25.9. The lowest BCUT2D eigenvalue weighted by Gasteiger charge is -2.09. The molecule has 0 aliphatic heterocycles. The Bertz CT molecular complexity index is 1280. The number of nitrogens with zero attached hydrogens (tertiary/aromatic N) is 2. The van der Waals surface area contributed by atoms with Gasteiger partial charge in [-0.15, -0.1) is 11.8 Å². The van der Waals surface area contributed by atoms with E-state index in [9.17, 15) is 4.79 Å². The number of unbranched alkanes of at least 4 members (excludes halogenated alkanes) is 1. The number of anilines is 1. The molecule has 1 N–H and O–H groups in total. The second-order valence-corrected chi connectivity index (χ2v) is 10.3. The van der Waals surface area contributed by atoms with Gasteiger partial charge in [-0.05, 0) is 78.3 Å². The fraction of sp³-hybridized carbons (Fsp3) is 0.250. The van der Waals surface area contributed by atoms with Crippen molar-refractivity contribution in [3.63, 3.8) is 0 Å². The molecule has 2 aromatic carbocycles. The van der Waals surface area contributed by atoms with Gasteiger partial charge >= 0.3 is 0 Å². The summed E-state index contributed by atoms with van der Waals surface area (Å²) >= 11 is 3.27. The Hall–Kier alpha value is -3.56. The van der Waals surface area contributed by atoms with Gasteiger partial charge in [0.2, 0.25) is 5.91 Å². The molecule has 1 amide bonds. The highest BCUT2D eigenvalue weighted by molar-refractivity contribution is 7.99. The molecule has 0 unspecified atom stereocenters. The van der Waals surface area contributed by atoms with E-state index in [-0.39, 0.29) is 12.3 Å². The number of thiazole rings is 1. The molecule has 0 spiro atoms. The number of rotatable bonds is 13. The molecular weight excluding hydrogens is 506 g/mol. The molecule has 9 heteroatoms. The average Bonchev–Trinajstić information content (AvgIpc) is 3.39. The summed E-state index contributed by atoms with van der Waals surface area (Å²) in [6.07, 6.45) is 7.71. The molecule has 0 fully saturated rings. The minimum atomic E-state index is -0.143. The molecule has 0 aliphatic carbocycles. The third kappa shape index (κ3) is 7.96. The van der Waals surface area contributed by atoms with Crippen molar-refractivity contribution in [3.8, 4) is 27.7 Å². The topological polar surface area (TPSA) is 82.6 Å². The van der Waals surface area contributed by atoms with Gasteiger partial charge in [-0.3, -0.25) is 9.78 Å². The fourth-order valence-corrected chi connectivity index (χ4v) is 5.28. The van der Waals surface area contributed by atoms with Crippen molar-refractivity contribution < 1.29 is 19.0 Å². The summed E-state index contributed by atoms with van der Waals surface area (Å²) in [7, 11) is 3.15. The number of thioether (sulfide) groups is 1. The number of nitrogens with one attached hydrogen (secondary N) is 1. The predicted molar refractivity (Wildman–Crippen MR) is 149 cm³/mol. The summed E-state index contributed by atoms with van der Waals surface area (Å²) in [4.78, 5) is 23.1. The van der Waals surface area contributed by atoms with Crippen LogP contribution in [0.25, 0.3) is 10.4 Å². The Balaban J connectivity index is 1.21. The zero-order valence-electron chi connectivity index (χ0n) is 20.8. The van der Waals surface area contributed by atoms with Gasteiger partial charge in [0.15, 0.2) is 16.6 Å². The predicted octanol–water partition coefficient (Wildman–Crippen LogP) is 6.35. The minimum Gasteiger partial charge on any atom is -0.494 e. The molecule has 4 aromatic rings. The minimum absolute atomic E-state index is 0.143. The van der Waals surface area contributed by atoms with E-state index >= 15 is 0 Å². The van der Waals surface area contributed by atoms with Gasteiger partial charge in [0, 0.05) is 23.5 Å². The summed E-state index contributed by atoms with van der Waals surface area (Å²) in [6, 6.07) is 17.5. The van der Waals surface area contributed by atoms with Crippen molar-refractivity contribution in [2.45, 2.75) is 24.2 Å². The SMILES string of the molecule is COc1ccc(CC(=O)Nc2ncc(-c3ccc(OCCCCSc4ccncc4)cc3)s2)cc1OC. The lowest BCUT2D eigenvalue weighted by Crippen LogP contribution is -2.14. The molecule has 0 atom stereocenters. The van der Waals surface area contributed by atoms with Crippen LogP contribution in [0.5, 0.6) is 17.2 Å². The summed E-state index contributed by atoms with van der Waals surface area (Å²) in [5, 5.41) is 3.44. The number of benzene rings is 2. The van der Waals surface area contributed by atoms with Crippen LogP contribution in [0.2, 0.25) is 0 Å². The molecule has 0 radical (unpaired) electrons. The lowest BCUT2D eigenvalue weighted by atomic mass is 10.1. The van der Waals surface area contributed by atoms with E-state index in [4.69, 9.17) is 14.2 Å². The molecule has 0 bridgehead atoms. The number of hydrogen-bond donors (Lipinski definition) is 1. The van der Waals surface area contributed by atoms with Crippen LogP contribution in [0.15, 0.2) is 78.1 Å². The highest BCUT2D eigenvalue weighted by Crippen LogP contribution is 2.31. The quantitative estimate of drug-likeness (QED) is 0.158. The van der Waals surface area contributed by atoms with Gasteiger partial charge in [0.25, 0.3) is 0 Å². The van der Waals surface area contributed by atoms with Crippen LogP contribution in [0.1, 0.15) is 18.4 Å². The second-order valence-electron chi connectivity index (χ2n) is 8.06. The third-order valence-corrected chi connectivity index (χ3v) is 7.49. The molecule has 4 rings (SSSR count). The maximum Gasteiger partial charge on any atom is 0.230 e. The molecule has 192 valence electrons. The standard InChI is InChI=1S/C28H29N3O4S2/c1-33-24-10-5-20(17-25(24)34-2)18-27(32)31-28-30-19-26(37-28)21-6-8-22(9-7-21)35-15-3-4-16-36-23-11-13-29-14-12-23/h5-14,17,19H,3-4,15-16,18H2,1-2H3,(H,30,31,32). The highest BCUT2D eigenvalue weighted by atomic mass is 32.2. The molecule has 0 aliphatic rings. The van der Waals surface area contributed by atoms with Gasteiger partial charge in [0.05, 0.1) is 32.1 Å². The van der Waals surface area contributed by atoms with Crippen molar-refractivity contribution in [2.75, 3.05) is 31.9 Å². The Morgan fingerprint density at radius 3 is 2.51 bits per heavy atom. The van der Waals surface area contributed by atoms with Gasteiger partial charge in [-0.2, -0.15) is 0 Å². The van der Waals surface area contributed by atoms with Gasteiger partial charge in [-0.25, -0.2) is 4.98 Å². The number of methoxy groups -OCH3 is 2. The van der Waals surface area contributed by atoms with E-state index in [1.165, 1.54) is 16.2 Å². The van der Waals surface area contributed by atoms with Crippen molar-refractivity contribution in [1.29, 1.82) is 0 Å². The van der Waals surface area contributed by atoms with E-state index < -0.39 is 0 Å². The first kappa shape index (κ1) is 26.5. The van der Waals surface area contributed by atoms with E-state index in [0.717, 1.165) is 40.3 Å². The maximum atomic E-state index is 12.5. The van der Waals surface area contributed by atoms with Crippen molar-refractivity contribution >= 4 is 34.1 Å². The second kappa shape index (κ2) is 13.7. The highest BCUT2D eigenvalue weighted by Gasteiger charge is 2.11. The Kier molecular flexibility index (Phi) is 9.79. The number of carbonyl (C=O) groups excluding carboxylic acids is 1. The lowest BCUT2D eigenvalue weighted by molar-refractivity contribution is -0.115. The molecular formula is C28H29N3O4S2.